The highest BCUT2D eigenvalue weighted by Crippen LogP contribution is 2.65. The summed E-state index contributed by atoms with van der Waals surface area (Å²) >= 11 is 0. The Morgan fingerprint density at radius 1 is 0.879 bits per heavy atom. The molecule has 1 heterocycles. The predicted octanol–water partition coefficient (Wildman–Crippen LogP) is 7.07. The van der Waals surface area contributed by atoms with E-state index in [4.69, 9.17) is 28.3 Å². The van der Waals surface area contributed by atoms with Gasteiger partial charge in [-0.2, -0.15) is 0 Å². The van der Waals surface area contributed by atoms with E-state index < -0.39 is 76.1 Å². The van der Waals surface area contributed by atoms with E-state index in [1.165, 1.54) is 19.2 Å². The van der Waals surface area contributed by atoms with Crippen molar-refractivity contribution in [2.75, 3.05) is 7.11 Å². The molecular weight excluding hydrogens is 749 g/mol. The maximum atomic E-state index is 14.7. The van der Waals surface area contributed by atoms with Gasteiger partial charge in [-0.1, -0.05) is 32.0 Å². The molecule has 2 N–H and O–H groups in total. The van der Waals surface area contributed by atoms with Crippen LogP contribution in [-0.4, -0.2) is 77.5 Å². The third kappa shape index (κ3) is 9.60. The second kappa shape index (κ2) is 15.8. The van der Waals surface area contributed by atoms with Crippen LogP contribution in [0.15, 0.2) is 36.4 Å². The summed E-state index contributed by atoms with van der Waals surface area (Å²) in [5, 5.41) is 17.9. The van der Waals surface area contributed by atoms with Gasteiger partial charge in [-0.25, -0.2) is 14.4 Å². The van der Waals surface area contributed by atoms with Crippen molar-refractivity contribution in [3.05, 3.63) is 68.8 Å². The van der Waals surface area contributed by atoms with Gasteiger partial charge in [0.05, 0.1) is 29.7 Å². The standard InChI is InChI=1S/C42H58BN3O12/c1-38(2,3)54-35(48)26-18-17-23(19-28(26)46(51)52)32(45-37(50)56-40(7,8)9)34(47)44-31(43-57-30-22-25-21-29(41(25,10)11)42(30,12)58-43)20-24-15-14-16-27(33(24)53-13)36(49)55-39(4,5)6/h14-19,25,29-32H,20-22H2,1-13H3,(H,44,47)(H,45,50)/t25-,29-,30+,31-,32?,42-/m0/s1. The van der Waals surface area contributed by atoms with Crippen molar-refractivity contribution in [1.82, 2.24) is 10.6 Å². The van der Waals surface area contributed by atoms with Gasteiger partial charge in [-0.15, -0.1) is 0 Å². The van der Waals surface area contributed by atoms with Gasteiger partial charge < -0.3 is 38.9 Å². The first kappa shape index (κ1) is 44.4. The number of esters is 2. The van der Waals surface area contributed by atoms with E-state index in [0.717, 1.165) is 18.9 Å². The van der Waals surface area contributed by atoms with Crippen molar-refractivity contribution in [3.63, 3.8) is 0 Å². The Kier molecular flexibility index (Phi) is 12.1. The first-order valence-electron chi connectivity index (χ1n) is 19.7. The molecule has 15 nitrogen and oxygen atoms in total. The SMILES string of the molecule is COc1c(C[C@H](NC(=O)C(NC(=O)OC(C)(C)C)c2ccc(C(=O)OC(C)(C)C)c([N+](=O)[O-])c2)B2O[C@@H]3C[C@@H]4C[C@@H](C4(C)C)[C@]3(C)O2)cccc1C(=O)OC(C)(C)C. The zero-order valence-electron chi connectivity index (χ0n) is 35.9. The van der Waals surface area contributed by atoms with Crippen molar-refractivity contribution in [1.29, 1.82) is 0 Å². The largest absolute Gasteiger partial charge is 0.496 e. The molecule has 2 aromatic carbocycles. The molecule has 1 saturated heterocycles. The molecule has 58 heavy (non-hydrogen) atoms. The second-order valence-electron chi connectivity index (χ2n) is 19.3. The summed E-state index contributed by atoms with van der Waals surface area (Å²) in [6, 6.07) is 7.04. The number of para-hydroxylation sites is 1. The van der Waals surface area contributed by atoms with Gasteiger partial charge in [0, 0.05) is 6.07 Å². The molecule has 0 spiro atoms. The molecule has 2 bridgehead atoms. The Hall–Kier alpha value is -4.70. The van der Waals surface area contributed by atoms with Crippen LogP contribution in [0.1, 0.15) is 134 Å². The summed E-state index contributed by atoms with van der Waals surface area (Å²) in [7, 11) is 0.442. The molecule has 2 amide bonds. The average molecular weight is 808 g/mol. The maximum absolute atomic E-state index is 14.7. The van der Waals surface area contributed by atoms with Crippen molar-refractivity contribution in [2.24, 2.45) is 17.3 Å². The maximum Gasteiger partial charge on any atom is 0.482 e. The quantitative estimate of drug-likeness (QED) is 0.0773. The highest BCUT2D eigenvalue weighted by atomic mass is 16.7. The normalized spacial score (nSPS) is 23.3. The molecule has 6 rings (SSSR count). The number of ether oxygens (including phenoxy) is 4. The minimum absolute atomic E-state index is 0.0120. The molecule has 0 radical (unpaired) electrons. The Morgan fingerprint density at radius 2 is 1.48 bits per heavy atom. The number of carbonyl (C=O) groups is 4. The van der Waals surface area contributed by atoms with E-state index in [-0.39, 0.29) is 46.3 Å². The number of nitro groups is 1. The zero-order valence-corrected chi connectivity index (χ0v) is 35.9. The van der Waals surface area contributed by atoms with Gasteiger partial charge in [0.1, 0.15) is 39.7 Å². The van der Waals surface area contributed by atoms with E-state index in [0.29, 0.717) is 11.5 Å². The molecule has 316 valence electrons. The molecule has 3 aliphatic carbocycles. The number of rotatable bonds is 11. The highest BCUT2D eigenvalue weighted by Gasteiger charge is 2.68. The average Bonchev–Trinajstić information content (AvgIpc) is 3.44. The summed E-state index contributed by atoms with van der Waals surface area (Å²) in [5.74, 6) is -2.39. The monoisotopic (exact) mass is 807 g/mol. The lowest BCUT2D eigenvalue weighted by Gasteiger charge is -2.64. The van der Waals surface area contributed by atoms with Gasteiger partial charge >= 0.3 is 25.2 Å². The molecule has 3 saturated carbocycles. The molecule has 16 heteroatoms. The zero-order chi connectivity index (χ0) is 43.3. The smallest absolute Gasteiger partial charge is 0.482 e. The molecule has 0 aromatic heterocycles. The summed E-state index contributed by atoms with van der Waals surface area (Å²) in [6.07, 6.45) is 0.559. The summed E-state index contributed by atoms with van der Waals surface area (Å²) in [6.45, 7) is 21.6. The van der Waals surface area contributed by atoms with Crippen LogP contribution in [0.2, 0.25) is 0 Å². The van der Waals surface area contributed by atoms with E-state index >= 15 is 0 Å². The fraction of sp³-hybridized carbons (Fsp3) is 0.619. The van der Waals surface area contributed by atoms with Crippen molar-refractivity contribution in [2.45, 2.75) is 143 Å². The van der Waals surface area contributed by atoms with Crippen LogP contribution in [0.4, 0.5) is 10.5 Å². The fourth-order valence-corrected chi connectivity index (χ4v) is 8.38. The lowest BCUT2D eigenvalue weighted by Crippen LogP contribution is -2.65. The first-order chi connectivity index (χ1) is 26.6. The Labute approximate surface area is 340 Å². The Morgan fingerprint density at radius 3 is 2.03 bits per heavy atom. The number of benzene rings is 2. The number of amides is 2. The van der Waals surface area contributed by atoms with Crippen LogP contribution in [0.5, 0.6) is 5.75 Å². The van der Waals surface area contributed by atoms with Crippen LogP contribution in [0.25, 0.3) is 0 Å². The lowest BCUT2D eigenvalue weighted by atomic mass is 9.43. The Bertz CT molecular complexity index is 1950. The van der Waals surface area contributed by atoms with Crippen molar-refractivity contribution in [3.8, 4) is 5.75 Å². The number of alkyl carbamates (subject to hydrolysis) is 1. The molecular formula is C42H58BN3O12. The summed E-state index contributed by atoms with van der Waals surface area (Å²) in [4.78, 5) is 65.9. The number of hydrogen-bond donors (Lipinski definition) is 2. The van der Waals surface area contributed by atoms with E-state index in [1.54, 1.807) is 80.5 Å². The molecule has 4 fully saturated rings. The first-order valence-corrected chi connectivity index (χ1v) is 19.7. The van der Waals surface area contributed by atoms with E-state index in [2.05, 4.69) is 24.5 Å². The molecule has 4 aliphatic rings. The lowest BCUT2D eigenvalue weighted by molar-refractivity contribution is -0.385. The third-order valence-electron chi connectivity index (χ3n) is 11.1. The van der Waals surface area contributed by atoms with E-state index in [9.17, 15) is 29.3 Å². The number of nitrogens with one attached hydrogen (secondary N) is 2. The minimum atomic E-state index is -1.57. The number of nitrogens with zero attached hydrogens (tertiary/aromatic N) is 1. The van der Waals surface area contributed by atoms with Crippen LogP contribution in [-0.2, 0) is 34.7 Å². The van der Waals surface area contributed by atoms with Gasteiger partial charge in [0.2, 0.25) is 5.91 Å². The summed E-state index contributed by atoms with van der Waals surface area (Å²) < 4.78 is 35.8. The van der Waals surface area contributed by atoms with Crippen LogP contribution >= 0.6 is 0 Å². The highest BCUT2D eigenvalue weighted by molar-refractivity contribution is 6.48. The van der Waals surface area contributed by atoms with Gasteiger partial charge in [-0.3, -0.25) is 14.9 Å². The number of hydrogen-bond acceptors (Lipinski definition) is 12. The van der Waals surface area contributed by atoms with E-state index in [1.807, 2.05) is 6.92 Å². The van der Waals surface area contributed by atoms with Gasteiger partial charge in [0.15, 0.2) is 0 Å². The topological polar surface area (TPSA) is 191 Å². The minimum Gasteiger partial charge on any atom is -0.496 e. The molecule has 1 aliphatic heterocycles. The Balaban J connectivity index is 1.56. The van der Waals surface area contributed by atoms with Crippen LogP contribution in [0, 0.1) is 27.4 Å². The summed E-state index contributed by atoms with van der Waals surface area (Å²) in [5.41, 5.74) is -3.59. The molecule has 1 unspecified atom stereocenters. The predicted molar refractivity (Wildman–Crippen MR) is 214 cm³/mol. The van der Waals surface area contributed by atoms with Gasteiger partial charge in [-0.05, 0) is 129 Å². The molecule has 6 atom stereocenters. The number of carbonyl (C=O) groups excluding carboxylic acids is 4. The third-order valence-corrected chi connectivity index (χ3v) is 11.1. The number of methoxy groups -OCH3 is 1. The van der Waals surface area contributed by atoms with Crippen LogP contribution in [0.3, 0.4) is 0 Å². The number of nitro benzene ring substituents is 1. The van der Waals surface area contributed by atoms with Crippen molar-refractivity contribution < 1.29 is 52.4 Å². The fourth-order valence-electron chi connectivity index (χ4n) is 8.38. The second-order valence-corrected chi connectivity index (χ2v) is 19.3. The van der Waals surface area contributed by atoms with Crippen LogP contribution < -0.4 is 15.4 Å². The van der Waals surface area contributed by atoms with Gasteiger partial charge in [0.25, 0.3) is 5.69 Å². The van der Waals surface area contributed by atoms with Crippen molar-refractivity contribution >= 4 is 36.7 Å². The molecule has 2 aromatic rings.